The molecule has 0 aliphatic heterocycles. The van der Waals surface area contributed by atoms with Gasteiger partial charge in [-0.25, -0.2) is 4.98 Å². The second kappa shape index (κ2) is 4.63. The average Bonchev–Trinajstić information content (AvgIpc) is 2.53. The first-order valence-corrected chi connectivity index (χ1v) is 6.56. The van der Waals surface area contributed by atoms with Crippen molar-refractivity contribution >= 4 is 5.65 Å². The van der Waals surface area contributed by atoms with Crippen LogP contribution in [0.4, 0.5) is 0 Å². The molecular formula is C15H22N2O. The lowest BCUT2D eigenvalue weighted by Crippen LogP contribution is -2.07. The smallest absolute Gasteiger partial charge is 0.140 e. The number of hydrogen-bond acceptors (Lipinski definition) is 2. The van der Waals surface area contributed by atoms with E-state index in [1.165, 1.54) is 5.69 Å². The molecule has 0 spiro atoms. The lowest BCUT2D eigenvalue weighted by molar-refractivity contribution is 0.240. The van der Waals surface area contributed by atoms with Crippen molar-refractivity contribution in [2.24, 2.45) is 0 Å². The first kappa shape index (κ1) is 12.9. The van der Waals surface area contributed by atoms with E-state index >= 15 is 0 Å². The van der Waals surface area contributed by atoms with Crippen LogP contribution in [0.2, 0.25) is 0 Å². The molecule has 2 rings (SSSR count). The van der Waals surface area contributed by atoms with Crippen LogP contribution in [-0.4, -0.2) is 15.5 Å². The maximum Gasteiger partial charge on any atom is 0.140 e. The van der Waals surface area contributed by atoms with Gasteiger partial charge in [0, 0.05) is 23.5 Å². The predicted molar refractivity (Wildman–Crippen MR) is 74.5 cm³/mol. The zero-order valence-electron chi connectivity index (χ0n) is 12.1. The first-order valence-electron chi connectivity index (χ1n) is 6.56. The largest absolute Gasteiger partial charge is 0.491 e. The van der Waals surface area contributed by atoms with Gasteiger partial charge < -0.3 is 9.14 Å². The van der Waals surface area contributed by atoms with Crippen molar-refractivity contribution in [3.63, 3.8) is 0 Å². The topological polar surface area (TPSA) is 26.5 Å². The number of ether oxygens (including phenoxy) is 1. The lowest BCUT2D eigenvalue weighted by Gasteiger charge is -2.13. The number of fused-ring (bicyclic) bond motifs is 1. The molecule has 0 aliphatic carbocycles. The molecule has 0 saturated heterocycles. The van der Waals surface area contributed by atoms with E-state index in [-0.39, 0.29) is 6.10 Å². The summed E-state index contributed by atoms with van der Waals surface area (Å²) in [7, 11) is 0. The number of aryl methyl sites for hydroxylation is 2. The van der Waals surface area contributed by atoms with Gasteiger partial charge in [0.1, 0.15) is 11.4 Å². The van der Waals surface area contributed by atoms with Crippen LogP contribution in [0.3, 0.4) is 0 Å². The Bertz CT molecular complexity index is 567. The Kier molecular flexibility index (Phi) is 3.33. The van der Waals surface area contributed by atoms with E-state index in [2.05, 4.69) is 43.3 Å². The van der Waals surface area contributed by atoms with E-state index in [1.807, 2.05) is 19.9 Å². The summed E-state index contributed by atoms with van der Waals surface area (Å²) in [5.74, 6) is 1.40. The summed E-state index contributed by atoms with van der Waals surface area (Å²) in [5, 5.41) is 0. The first-order chi connectivity index (χ1) is 8.40. The third-order valence-electron chi connectivity index (χ3n) is 3.04. The second-order valence-corrected chi connectivity index (χ2v) is 5.45. The van der Waals surface area contributed by atoms with Crippen LogP contribution >= 0.6 is 0 Å². The van der Waals surface area contributed by atoms with Crippen molar-refractivity contribution in [2.75, 3.05) is 0 Å². The second-order valence-electron chi connectivity index (χ2n) is 5.45. The van der Waals surface area contributed by atoms with Crippen molar-refractivity contribution in [3.8, 4) is 5.75 Å². The Hall–Kier alpha value is -1.51. The molecule has 0 N–H and O–H groups in total. The van der Waals surface area contributed by atoms with E-state index in [1.54, 1.807) is 0 Å². The summed E-state index contributed by atoms with van der Waals surface area (Å²) in [4.78, 5) is 4.63. The number of aromatic nitrogens is 2. The predicted octanol–water partition coefficient (Wildman–Crippen LogP) is 3.86. The number of nitrogens with zero attached hydrogens (tertiary/aromatic N) is 2. The molecule has 0 aliphatic rings. The summed E-state index contributed by atoms with van der Waals surface area (Å²) >= 11 is 0. The molecule has 3 heteroatoms. The molecule has 0 radical (unpaired) electrons. The molecule has 0 aromatic carbocycles. The Morgan fingerprint density at radius 2 is 1.83 bits per heavy atom. The highest BCUT2D eigenvalue weighted by molar-refractivity contribution is 5.51. The maximum absolute atomic E-state index is 5.81. The maximum atomic E-state index is 5.81. The summed E-state index contributed by atoms with van der Waals surface area (Å²) in [6, 6.07) is 2.04. The molecular weight excluding hydrogens is 224 g/mol. The molecule has 2 heterocycles. The summed E-state index contributed by atoms with van der Waals surface area (Å²) in [6.45, 7) is 12.6. The van der Waals surface area contributed by atoms with E-state index in [0.717, 1.165) is 22.7 Å². The Balaban J connectivity index is 2.60. The highest BCUT2D eigenvalue weighted by atomic mass is 16.5. The minimum absolute atomic E-state index is 0.187. The van der Waals surface area contributed by atoms with Gasteiger partial charge in [-0.1, -0.05) is 13.8 Å². The Morgan fingerprint density at radius 3 is 2.39 bits per heavy atom. The van der Waals surface area contributed by atoms with Gasteiger partial charge in [-0.2, -0.15) is 0 Å². The molecule has 18 heavy (non-hydrogen) atoms. The standard InChI is InChI=1S/C15H22N2O/c1-9(2)15-12(6)16-14-7-13(18-10(3)4)11(5)8-17(14)15/h7-10H,1-6H3. The van der Waals surface area contributed by atoms with Crippen LogP contribution < -0.4 is 4.74 Å². The van der Waals surface area contributed by atoms with Crippen LogP contribution in [0.5, 0.6) is 5.75 Å². The molecule has 0 fully saturated rings. The number of pyridine rings is 1. The average molecular weight is 246 g/mol. The van der Waals surface area contributed by atoms with Gasteiger partial charge in [-0.05, 0) is 33.6 Å². The van der Waals surface area contributed by atoms with Gasteiger partial charge in [0.05, 0.1) is 11.8 Å². The van der Waals surface area contributed by atoms with Crippen molar-refractivity contribution in [3.05, 3.63) is 29.2 Å². The zero-order chi connectivity index (χ0) is 13.4. The minimum atomic E-state index is 0.187. The fourth-order valence-electron chi connectivity index (χ4n) is 2.38. The minimum Gasteiger partial charge on any atom is -0.491 e. The zero-order valence-corrected chi connectivity index (χ0v) is 12.1. The number of imidazole rings is 1. The molecule has 0 unspecified atom stereocenters. The summed E-state index contributed by atoms with van der Waals surface area (Å²) in [5.41, 5.74) is 4.50. The molecule has 0 amide bonds. The highest BCUT2D eigenvalue weighted by Gasteiger charge is 2.14. The van der Waals surface area contributed by atoms with E-state index < -0.39 is 0 Å². The monoisotopic (exact) mass is 246 g/mol. The van der Waals surface area contributed by atoms with E-state index in [4.69, 9.17) is 4.74 Å². The lowest BCUT2D eigenvalue weighted by atomic mass is 10.1. The van der Waals surface area contributed by atoms with E-state index in [9.17, 15) is 0 Å². The van der Waals surface area contributed by atoms with Gasteiger partial charge in [-0.15, -0.1) is 0 Å². The summed E-state index contributed by atoms with van der Waals surface area (Å²) < 4.78 is 7.99. The van der Waals surface area contributed by atoms with Gasteiger partial charge in [0.25, 0.3) is 0 Å². The third kappa shape index (κ3) is 2.22. The normalized spacial score (nSPS) is 11.8. The fraction of sp³-hybridized carbons (Fsp3) is 0.533. The Labute approximate surface area is 109 Å². The van der Waals surface area contributed by atoms with Crippen LogP contribution in [0.1, 0.15) is 50.6 Å². The molecule has 0 atom stereocenters. The highest BCUT2D eigenvalue weighted by Crippen LogP contribution is 2.26. The molecule has 2 aromatic heterocycles. The Morgan fingerprint density at radius 1 is 1.17 bits per heavy atom. The SMILES string of the molecule is Cc1cn2c(C(C)C)c(C)nc2cc1OC(C)C. The van der Waals surface area contributed by atoms with Gasteiger partial charge in [0.2, 0.25) is 0 Å². The van der Waals surface area contributed by atoms with Crippen molar-refractivity contribution in [1.82, 2.24) is 9.38 Å². The van der Waals surface area contributed by atoms with Crippen LogP contribution in [0.25, 0.3) is 5.65 Å². The van der Waals surface area contributed by atoms with Crippen LogP contribution in [0, 0.1) is 13.8 Å². The van der Waals surface area contributed by atoms with E-state index in [0.29, 0.717) is 5.92 Å². The van der Waals surface area contributed by atoms with Crippen LogP contribution in [-0.2, 0) is 0 Å². The van der Waals surface area contributed by atoms with Crippen molar-refractivity contribution in [1.29, 1.82) is 0 Å². The molecule has 98 valence electrons. The van der Waals surface area contributed by atoms with Crippen LogP contribution in [0.15, 0.2) is 12.3 Å². The van der Waals surface area contributed by atoms with Crippen molar-refractivity contribution < 1.29 is 4.74 Å². The summed E-state index contributed by atoms with van der Waals surface area (Å²) in [6.07, 6.45) is 2.31. The number of hydrogen-bond donors (Lipinski definition) is 0. The molecule has 2 aromatic rings. The molecule has 3 nitrogen and oxygen atoms in total. The van der Waals surface area contributed by atoms with Crippen molar-refractivity contribution in [2.45, 2.75) is 53.6 Å². The number of rotatable bonds is 3. The third-order valence-corrected chi connectivity index (χ3v) is 3.04. The quantitative estimate of drug-likeness (QED) is 0.822. The van der Waals surface area contributed by atoms with Gasteiger partial charge in [0.15, 0.2) is 0 Å². The van der Waals surface area contributed by atoms with Gasteiger partial charge >= 0.3 is 0 Å². The fourth-order valence-corrected chi connectivity index (χ4v) is 2.38. The molecule has 0 bridgehead atoms. The molecule has 0 saturated carbocycles. The van der Waals surface area contributed by atoms with Gasteiger partial charge in [-0.3, -0.25) is 0 Å².